The van der Waals surface area contributed by atoms with Crippen LogP contribution < -0.4 is 4.90 Å². The first kappa shape index (κ1) is 16.4. The largest absolute Gasteiger partial charge is 0.396 e. The van der Waals surface area contributed by atoms with E-state index in [0.29, 0.717) is 18.5 Å². The van der Waals surface area contributed by atoms with Gasteiger partial charge >= 0.3 is 0 Å². The SMILES string of the molecule is OCCCN(CC(O)c1ccc(F)c(F)c1)c1ccccc1. The molecule has 0 aliphatic rings. The lowest BCUT2D eigenvalue weighted by atomic mass is 10.1. The summed E-state index contributed by atoms with van der Waals surface area (Å²) in [6.45, 7) is 0.834. The van der Waals surface area contributed by atoms with Gasteiger partial charge in [-0.2, -0.15) is 0 Å². The fraction of sp³-hybridized carbons (Fsp3) is 0.294. The van der Waals surface area contributed by atoms with Crippen LogP contribution in [-0.4, -0.2) is 29.9 Å². The Hall–Kier alpha value is -1.98. The number of hydrogen-bond donors (Lipinski definition) is 2. The summed E-state index contributed by atoms with van der Waals surface area (Å²) in [4.78, 5) is 1.90. The Morgan fingerprint density at radius 1 is 1.00 bits per heavy atom. The lowest BCUT2D eigenvalue weighted by Crippen LogP contribution is -2.30. The molecule has 2 N–H and O–H groups in total. The lowest BCUT2D eigenvalue weighted by molar-refractivity contribution is 0.181. The molecule has 0 amide bonds. The maximum Gasteiger partial charge on any atom is 0.159 e. The zero-order valence-electron chi connectivity index (χ0n) is 12.1. The molecule has 0 radical (unpaired) electrons. The van der Waals surface area contributed by atoms with Crippen molar-refractivity contribution in [1.29, 1.82) is 0 Å². The molecule has 5 heteroatoms. The molecule has 1 unspecified atom stereocenters. The fourth-order valence-corrected chi connectivity index (χ4v) is 2.26. The molecule has 1 atom stereocenters. The van der Waals surface area contributed by atoms with Crippen LogP contribution in [0.2, 0.25) is 0 Å². The van der Waals surface area contributed by atoms with Crippen LogP contribution in [0.1, 0.15) is 18.1 Å². The van der Waals surface area contributed by atoms with Gasteiger partial charge in [-0.15, -0.1) is 0 Å². The molecule has 0 saturated carbocycles. The first-order valence-electron chi connectivity index (χ1n) is 7.15. The van der Waals surface area contributed by atoms with E-state index in [0.717, 1.165) is 17.8 Å². The second-order valence-electron chi connectivity index (χ2n) is 5.05. The van der Waals surface area contributed by atoms with Crippen molar-refractivity contribution in [1.82, 2.24) is 0 Å². The maximum absolute atomic E-state index is 13.3. The standard InChI is InChI=1S/C17H19F2NO2/c18-15-8-7-13(11-16(15)19)17(22)12-20(9-4-10-21)14-5-2-1-3-6-14/h1-3,5-8,11,17,21-22H,4,9-10,12H2. The third-order valence-corrected chi connectivity index (χ3v) is 3.43. The summed E-state index contributed by atoms with van der Waals surface area (Å²) in [5, 5.41) is 19.3. The highest BCUT2D eigenvalue weighted by molar-refractivity contribution is 5.46. The highest BCUT2D eigenvalue weighted by Crippen LogP contribution is 2.21. The Balaban J connectivity index is 2.13. The maximum atomic E-state index is 13.3. The lowest BCUT2D eigenvalue weighted by Gasteiger charge is -2.27. The molecule has 0 fully saturated rings. The second kappa shape index (κ2) is 7.87. The van der Waals surface area contributed by atoms with E-state index in [9.17, 15) is 13.9 Å². The van der Waals surface area contributed by atoms with Gasteiger partial charge in [-0.1, -0.05) is 24.3 Å². The Morgan fingerprint density at radius 3 is 2.36 bits per heavy atom. The van der Waals surface area contributed by atoms with Crippen LogP contribution in [0.25, 0.3) is 0 Å². The smallest absolute Gasteiger partial charge is 0.159 e. The zero-order valence-corrected chi connectivity index (χ0v) is 12.1. The van der Waals surface area contributed by atoms with E-state index in [2.05, 4.69) is 0 Å². The van der Waals surface area contributed by atoms with Crippen molar-refractivity contribution in [2.45, 2.75) is 12.5 Å². The van der Waals surface area contributed by atoms with E-state index in [1.807, 2.05) is 35.2 Å². The van der Waals surface area contributed by atoms with Crippen LogP contribution in [0, 0.1) is 11.6 Å². The van der Waals surface area contributed by atoms with Crippen LogP contribution >= 0.6 is 0 Å². The Bertz CT molecular complexity index is 592. The number of rotatable bonds is 7. The van der Waals surface area contributed by atoms with Crippen LogP contribution in [0.4, 0.5) is 14.5 Å². The number of nitrogens with zero attached hydrogens (tertiary/aromatic N) is 1. The Labute approximate surface area is 128 Å². The summed E-state index contributed by atoms with van der Waals surface area (Å²) in [7, 11) is 0. The average Bonchev–Trinajstić information content (AvgIpc) is 2.54. The molecule has 0 aliphatic carbocycles. The van der Waals surface area contributed by atoms with Gasteiger partial charge in [0.05, 0.1) is 6.10 Å². The molecule has 0 spiro atoms. The van der Waals surface area contributed by atoms with E-state index in [1.54, 1.807) is 0 Å². The number of benzene rings is 2. The van der Waals surface area contributed by atoms with E-state index < -0.39 is 17.7 Å². The van der Waals surface area contributed by atoms with Crippen LogP contribution in [0.15, 0.2) is 48.5 Å². The number of halogens is 2. The molecule has 0 aromatic heterocycles. The molecule has 0 saturated heterocycles. The predicted octanol–water partition coefficient (Wildman–Crippen LogP) is 2.89. The molecule has 3 nitrogen and oxygen atoms in total. The number of aliphatic hydroxyl groups excluding tert-OH is 2. The molecular formula is C17H19F2NO2. The van der Waals surface area contributed by atoms with Gasteiger partial charge in [0.2, 0.25) is 0 Å². The second-order valence-corrected chi connectivity index (χ2v) is 5.05. The number of para-hydroxylation sites is 1. The molecule has 118 valence electrons. The minimum atomic E-state index is -0.974. The quantitative estimate of drug-likeness (QED) is 0.826. The van der Waals surface area contributed by atoms with Crippen molar-refractivity contribution in [3.8, 4) is 0 Å². The van der Waals surface area contributed by atoms with Gasteiger partial charge in [-0.05, 0) is 36.2 Å². The number of hydrogen-bond acceptors (Lipinski definition) is 3. The average molecular weight is 307 g/mol. The summed E-state index contributed by atoms with van der Waals surface area (Å²) in [6.07, 6.45) is -0.395. The fourth-order valence-electron chi connectivity index (χ4n) is 2.26. The van der Waals surface area contributed by atoms with Gasteiger partial charge in [0.25, 0.3) is 0 Å². The molecule has 2 aromatic carbocycles. The van der Waals surface area contributed by atoms with Gasteiger partial charge < -0.3 is 15.1 Å². The first-order valence-corrected chi connectivity index (χ1v) is 7.15. The normalized spacial score (nSPS) is 12.2. The van der Waals surface area contributed by atoms with Gasteiger partial charge in [0.15, 0.2) is 11.6 Å². The third kappa shape index (κ3) is 4.26. The van der Waals surface area contributed by atoms with Crippen molar-refractivity contribution in [3.63, 3.8) is 0 Å². The highest BCUT2D eigenvalue weighted by atomic mass is 19.2. The van der Waals surface area contributed by atoms with Crippen LogP contribution in [0.3, 0.4) is 0 Å². The minimum absolute atomic E-state index is 0.0462. The summed E-state index contributed by atoms with van der Waals surface area (Å²) in [5.41, 5.74) is 1.22. The molecule has 0 aliphatic heterocycles. The Kier molecular flexibility index (Phi) is 5.86. The highest BCUT2D eigenvalue weighted by Gasteiger charge is 2.15. The molecule has 22 heavy (non-hydrogen) atoms. The minimum Gasteiger partial charge on any atom is -0.396 e. The molecule has 2 aromatic rings. The summed E-state index contributed by atoms with van der Waals surface area (Å²) in [6, 6.07) is 12.8. The monoisotopic (exact) mass is 307 g/mol. The molecule has 0 bridgehead atoms. The summed E-state index contributed by atoms with van der Waals surface area (Å²) < 4.78 is 26.2. The van der Waals surface area contributed by atoms with E-state index in [1.165, 1.54) is 6.07 Å². The van der Waals surface area contributed by atoms with Crippen molar-refractivity contribution < 1.29 is 19.0 Å². The number of aliphatic hydroxyl groups is 2. The summed E-state index contributed by atoms with van der Waals surface area (Å²) >= 11 is 0. The van der Waals surface area contributed by atoms with Crippen molar-refractivity contribution in [2.24, 2.45) is 0 Å². The predicted molar refractivity (Wildman–Crippen MR) is 81.7 cm³/mol. The van der Waals surface area contributed by atoms with Crippen molar-refractivity contribution in [2.75, 3.05) is 24.6 Å². The van der Waals surface area contributed by atoms with E-state index >= 15 is 0 Å². The first-order chi connectivity index (χ1) is 10.6. The van der Waals surface area contributed by atoms with Gasteiger partial charge in [-0.25, -0.2) is 8.78 Å². The zero-order chi connectivity index (χ0) is 15.9. The van der Waals surface area contributed by atoms with Gasteiger partial charge in [0.1, 0.15) is 0 Å². The van der Waals surface area contributed by atoms with Crippen molar-refractivity contribution in [3.05, 3.63) is 65.7 Å². The van der Waals surface area contributed by atoms with Crippen LogP contribution in [0.5, 0.6) is 0 Å². The topological polar surface area (TPSA) is 43.7 Å². The summed E-state index contributed by atoms with van der Waals surface area (Å²) in [5.74, 6) is -1.91. The molecule has 2 rings (SSSR count). The molecule has 0 heterocycles. The van der Waals surface area contributed by atoms with Gasteiger partial charge in [0, 0.05) is 25.4 Å². The van der Waals surface area contributed by atoms with Crippen LogP contribution in [-0.2, 0) is 0 Å². The van der Waals surface area contributed by atoms with Crippen molar-refractivity contribution >= 4 is 5.69 Å². The van der Waals surface area contributed by atoms with Gasteiger partial charge in [-0.3, -0.25) is 0 Å². The molecular weight excluding hydrogens is 288 g/mol. The Morgan fingerprint density at radius 2 is 1.73 bits per heavy atom. The number of anilines is 1. The van der Waals surface area contributed by atoms with E-state index in [-0.39, 0.29) is 13.2 Å². The third-order valence-electron chi connectivity index (χ3n) is 3.43. The van der Waals surface area contributed by atoms with E-state index in [4.69, 9.17) is 5.11 Å².